The Bertz CT molecular complexity index is 1370. The van der Waals surface area contributed by atoms with Crippen molar-refractivity contribution in [3.63, 3.8) is 0 Å². The minimum Gasteiger partial charge on any atom is -0.507 e. The predicted octanol–water partition coefficient (Wildman–Crippen LogP) is 6.01. The molecule has 1 heterocycles. The van der Waals surface area contributed by atoms with Gasteiger partial charge in [0.25, 0.3) is 5.56 Å². The second-order valence-electron chi connectivity index (χ2n) is 7.09. The highest BCUT2D eigenvalue weighted by atomic mass is 35.5. The van der Waals surface area contributed by atoms with Crippen molar-refractivity contribution in [1.82, 2.24) is 9.36 Å². The van der Waals surface area contributed by atoms with Crippen molar-refractivity contribution in [2.45, 2.75) is 6.92 Å². The number of halogens is 1. The van der Waals surface area contributed by atoms with E-state index < -0.39 is 0 Å². The van der Waals surface area contributed by atoms with E-state index in [2.05, 4.69) is 15.2 Å². The molecule has 0 aliphatic rings. The van der Waals surface area contributed by atoms with Crippen LogP contribution >= 0.6 is 11.6 Å². The third kappa shape index (κ3) is 4.38. The van der Waals surface area contributed by atoms with Crippen LogP contribution in [0.2, 0.25) is 5.02 Å². The van der Waals surface area contributed by atoms with Gasteiger partial charge in [-0.1, -0.05) is 29.8 Å². The van der Waals surface area contributed by atoms with E-state index >= 15 is 0 Å². The molecule has 4 aromatic rings. The van der Waals surface area contributed by atoms with Gasteiger partial charge in [0, 0.05) is 29.9 Å². The zero-order valence-electron chi connectivity index (χ0n) is 17.5. The van der Waals surface area contributed by atoms with Gasteiger partial charge in [0.1, 0.15) is 5.75 Å². The van der Waals surface area contributed by atoms with Crippen LogP contribution in [0.5, 0.6) is 5.75 Å². The number of hydrogen-bond acceptors (Lipinski definition) is 5. The summed E-state index contributed by atoms with van der Waals surface area (Å²) in [5.74, 6) is -0.0155. The summed E-state index contributed by atoms with van der Waals surface area (Å²) in [4.78, 5) is 17.3. The van der Waals surface area contributed by atoms with Gasteiger partial charge in [-0.3, -0.25) is 9.48 Å². The highest BCUT2D eigenvalue weighted by Crippen LogP contribution is 2.26. The van der Waals surface area contributed by atoms with Gasteiger partial charge in [-0.2, -0.15) is 10.2 Å². The van der Waals surface area contributed by atoms with Gasteiger partial charge >= 0.3 is 0 Å². The average Bonchev–Trinajstić information content (AvgIpc) is 3.01. The fourth-order valence-corrected chi connectivity index (χ4v) is 3.29. The molecule has 8 heteroatoms. The quantitative estimate of drug-likeness (QED) is 0.301. The van der Waals surface area contributed by atoms with Crippen LogP contribution in [0, 0.1) is 6.92 Å². The van der Waals surface area contributed by atoms with Crippen LogP contribution in [0.15, 0.2) is 92.8 Å². The summed E-state index contributed by atoms with van der Waals surface area (Å²) >= 11 is 5.86. The summed E-state index contributed by atoms with van der Waals surface area (Å²) in [6, 6.07) is 21.2. The number of phenols is 1. The molecular weight excluding hydrogens is 426 g/mol. The van der Waals surface area contributed by atoms with Gasteiger partial charge < -0.3 is 5.11 Å². The molecule has 0 fully saturated rings. The van der Waals surface area contributed by atoms with Crippen LogP contribution < -0.4 is 5.56 Å². The monoisotopic (exact) mass is 445 g/mol. The Morgan fingerprint density at radius 1 is 0.938 bits per heavy atom. The second kappa shape index (κ2) is 9.03. The zero-order chi connectivity index (χ0) is 22.7. The molecule has 7 nitrogen and oxygen atoms in total. The van der Waals surface area contributed by atoms with Crippen LogP contribution in [0.1, 0.15) is 11.3 Å². The largest absolute Gasteiger partial charge is 0.507 e. The molecule has 0 unspecified atom stereocenters. The molecule has 1 N–H and O–H groups in total. The van der Waals surface area contributed by atoms with Gasteiger partial charge in [-0.15, -0.1) is 0 Å². The van der Waals surface area contributed by atoms with Crippen molar-refractivity contribution in [3.05, 3.63) is 99.4 Å². The Labute approximate surface area is 189 Å². The van der Waals surface area contributed by atoms with E-state index in [1.54, 1.807) is 52.8 Å². The molecule has 0 radical (unpaired) electrons. The molecule has 0 aliphatic heterocycles. The number of nitrogens with zero attached hydrogens (tertiary/aromatic N) is 5. The molecule has 0 saturated carbocycles. The fraction of sp³-hybridized carbons (Fsp3) is 0.0833. The van der Waals surface area contributed by atoms with Crippen molar-refractivity contribution in [2.24, 2.45) is 22.3 Å². The first-order chi connectivity index (χ1) is 15.4. The first-order valence-electron chi connectivity index (χ1n) is 9.82. The van der Waals surface area contributed by atoms with Crippen molar-refractivity contribution in [3.8, 4) is 11.4 Å². The number of aliphatic imine (C=N–C) groups is 1. The molecule has 0 spiro atoms. The van der Waals surface area contributed by atoms with Crippen molar-refractivity contribution >= 4 is 34.9 Å². The maximum atomic E-state index is 12.9. The number of phenolic OH excluding ortho intramolecular Hbond substituents is 1. The third-order valence-corrected chi connectivity index (χ3v) is 5.23. The Kier molecular flexibility index (Phi) is 6.00. The molecule has 160 valence electrons. The molecule has 0 bridgehead atoms. The average molecular weight is 446 g/mol. The fourth-order valence-electron chi connectivity index (χ4n) is 3.16. The van der Waals surface area contributed by atoms with Crippen molar-refractivity contribution in [2.75, 3.05) is 0 Å². The maximum Gasteiger partial charge on any atom is 0.297 e. The number of benzene rings is 3. The lowest BCUT2D eigenvalue weighted by atomic mass is 10.2. The van der Waals surface area contributed by atoms with Crippen LogP contribution in [-0.2, 0) is 7.05 Å². The van der Waals surface area contributed by atoms with E-state index in [1.807, 2.05) is 37.3 Å². The first-order valence-corrected chi connectivity index (χ1v) is 10.2. The van der Waals surface area contributed by atoms with E-state index in [1.165, 1.54) is 12.3 Å². The number of azo groups is 1. The third-order valence-electron chi connectivity index (χ3n) is 4.98. The normalized spacial score (nSPS) is 11.6. The topological polar surface area (TPSA) is 84.2 Å². The number of hydrogen-bond donors (Lipinski definition) is 1. The molecule has 0 aliphatic carbocycles. The minimum atomic E-state index is -0.236. The Hall–Kier alpha value is -3.97. The summed E-state index contributed by atoms with van der Waals surface area (Å²) in [7, 11) is 1.81. The van der Waals surface area contributed by atoms with E-state index in [4.69, 9.17) is 11.6 Å². The SMILES string of the molecule is Cc1c(N=Cc2ccc(N=Nc3ccc(Cl)cc3)cc2O)c(=O)n(-c2ccccc2)n1C. The summed E-state index contributed by atoms with van der Waals surface area (Å²) < 4.78 is 3.31. The van der Waals surface area contributed by atoms with Crippen LogP contribution in [-0.4, -0.2) is 20.7 Å². The van der Waals surface area contributed by atoms with Gasteiger partial charge in [0.2, 0.25) is 0 Å². The summed E-state index contributed by atoms with van der Waals surface area (Å²) in [5.41, 5.74) is 3.13. The van der Waals surface area contributed by atoms with Gasteiger partial charge in [-0.05, 0) is 55.5 Å². The Morgan fingerprint density at radius 3 is 2.28 bits per heavy atom. The van der Waals surface area contributed by atoms with E-state index in [9.17, 15) is 9.90 Å². The second-order valence-corrected chi connectivity index (χ2v) is 7.52. The van der Waals surface area contributed by atoms with Crippen molar-refractivity contribution < 1.29 is 5.11 Å². The molecule has 32 heavy (non-hydrogen) atoms. The zero-order valence-corrected chi connectivity index (χ0v) is 18.2. The lowest BCUT2D eigenvalue weighted by Gasteiger charge is -2.07. The highest BCUT2D eigenvalue weighted by molar-refractivity contribution is 6.30. The molecule has 0 amide bonds. The summed E-state index contributed by atoms with van der Waals surface area (Å²) in [5, 5.41) is 19.2. The van der Waals surface area contributed by atoms with Crippen LogP contribution in [0.3, 0.4) is 0 Å². The van der Waals surface area contributed by atoms with E-state index in [-0.39, 0.29) is 11.3 Å². The summed E-state index contributed by atoms with van der Waals surface area (Å²) in [6.07, 6.45) is 1.47. The standard InChI is InChI=1S/C24H20ClN5O2/c1-16-23(24(32)30(29(16)2)21-6-4-3-5-7-21)26-15-17-8-11-20(14-22(17)31)28-27-19-12-9-18(25)10-13-19/h3-15,31H,1-2H3. The molecule has 4 rings (SSSR count). The lowest BCUT2D eigenvalue weighted by molar-refractivity contribution is 0.474. The van der Waals surface area contributed by atoms with Crippen LogP contribution in [0.25, 0.3) is 5.69 Å². The van der Waals surface area contributed by atoms with Crippen LogP contribution in [0.4, 0.5) is 17.1 Å². The first kappa shape index (κ1) is 21.3. The molecule has 0 atom stereocenters. The molecule has 1 aromatic heterocycles. The van der Waals surface area contributed by atoms with E-state index in [0.717, 1.165) is 5.69 Å². The maximum absolute atomic E-state index is 12.9. The smallest absolute Gasteiger partial charge is 0.297 e. The molecule has 3 aromatic carbocycles. The lowest BCUT2D eigenvalue weighted by Crippen LogP contribution is -2.19. The van der Waals surface area contributed by atoms with Gasteiger partial charge in [-0.25, -0.2) is 9.67 Å². The Morgan fingerprint density at radius 2 is 1.59 bits per heavy atom. The number of aromatic nitrogens is 2. The minimum absolute atomic E-state index is 0.0155. The highest BCUT2D eigenvalue weighted by Gasteiger charge is 2.15. The predicted molar refractivity (Wildman–Crippen MR) is 127 cm³/mol. The van der Waals surface area contributed by atoms with Crippen molar-refractivity contribution in [1.29, 1.82) is 0 Å². The molecule has 0 saturated heterocycles. The molecular formula is C24H20ClN5O2. The number of aromatic hydroxyl groups is 1. The number of rotatable bonds is 5. The number of para-hydroxylation sites is 1. The van der Waals surface area contributed by atoms with Gasteiger partial charge in [0.05, 0.1) is 22.8 Å². The van der Waals surface area contributed by atoms with E-state index in [0.29, 0.717) is 33.3 Å². The summed E-state index contributed by atoms with van der Waals surface area (Å²) in [6.45, 7) is 1.83. The Balaban J connectivity index is 1.59. The van der Waals surface area contributed by atoms with Gasteiger partial charge in [0.15, 0.2) is 5.69 Å².